The number of halogens is 1. The Hall–Kier alpha value is -0.640. The maximum absolute atomic E-state index is 3.82. The van der Waals surface area contributed by atoms with Gasteiger partial charge in [0.1, 0.15) is 0 Å². The van der Waals surface area contributed by atoms with Gasteiger partial charge in [0, 0.05) is 16.3 Å². The van der Waals surface area contributed by atoms with Crippen molar-refractivity contribution >= 4 is 27.3 Å². The summed E-state index contributed by atoms with van der Waals surface area (Å²) in [5, 5.41) is 3.82. The van der Waals surface area contributed by atoms with Crippen LogP contribution in [0.2, 0.25) is 0 Å². The molecule has 21 heavy (non-hydrogen) atoms. The molecule has 1 aliphatic carbocycles. The van der Waals surface area contributed by atoms with Crippen LogP contribution in [0.3, 0.4) is 0 Å². The quantitative estimate of drug-likeness (QED) is 0.716. The molecule has 1 aromatic heterocycles. The maximum atomic E-state index is 3.82. The van der Waals surface area contributed by atoms with Crippen molar-refractivity contribution in [2.24, 2.45) is 0 Å². The van der Waals surface area contributed by atoms with Crippen LogP contribution in [0.5, 0.6) is 0 Å². The fraction of sp³-hybridized carbons (Fsp3) is 0.444. The molecule has 1 N–H and O–H groups in total. The van der Waals surface area contributed by atoms with E-state index in [0.29, 0.717) is 11.5 Å². The average molecular weight is 364 g/mol. The summed E-state index contributed by atoms with van der Waals surface area (Å²) in [6.07, 6.45) is 4.94. The molecule has 0 radical (unpaired) electrons. The lowest BCUT2D eigenvalue weighted by molar-refractivity contribution is 0.414. The van der Waals surface area contributed by atoms with E-state index < -0.39 is 0 Å². The third kappa shape index (κ3) is 3.41. The van der Waals surface area contributed by atoms with Crippen LogP contribution in [0.25, 0.3) is 0 Å². The second kappa shape index (κ2) is 6.64. The highest BCUT2D eigenvalue weighted by molar-refractivity contribution is 9.11. The fourth-order valence-corrected chi connectivity index (χ4v) is 4.72. The van der Waals surface area contributed by atoms with Crippen molar-refractivity contribution in [2.45, 2.75) is 44.1 Å². The van der Waals surface area contributed by atoms with Gasteiger partial charge in [0.05, 0.1) is 3.79 Å². The lowest BCUT2D eigenvalue weighted by atomic mass is 9.85. The zero-order valence-corrected chi connectivity index (χ0v) is 14.8. The van der Waals surface area contributed by atoms with Crippen LogP contribution in [0.15, 0.2) is 46.3 Å². The summed E-state index contributed by atoms with van der Waals surface area (Å²) in [5.74, 6) is 0. The molecule has 112 valence electrons. The molecule has 1 unspecified atom stereocenters. The number of hydrogen-bond donors (Lipinski definition) is 1. The van der Waals surface area contributed by atoms with Crippen molar-refractivity contribution in [1.29, 1.82) is 0 Å². The van der Waals surface area contributed by atoms with Crippen molar-refractivity contribution in [2.75, 3.05) is 6.54 Å². The molecule has 1 fully saturated rings. The molecule has 1 nitrogen and oxygen atoms in total. The second-order valence-electron chi connectivity index (χ2n) is 5.94. The smallest absolute Gasteiger partial charge is 0.0701 e. The van der Waals surface area contributed by atoms with Gasteiger partial charge >= 0.3 is 0 Å². The van der Waals surface area contributed by atoms with Crippen molar-refractivity contribution in [1.82, 2.24) is 5.32 Å². The summed E-state index contributed by atoms with van der Waals surface area (Å²) in [6, 6.07) is 16.0. The molecule has 3 heteroatoms. The Morgan fingerprint density at radius 2 is 1.95 bits per heavy atom. The Bertz CT molecular complexity index is 574. The average Bonchev–Trinajstić information content (AvgIpc) is 3.22. The molecule has 0 aliphatic heterocycles. The van der Waals surface area contributed by atoms with Crippen molar-refractivity contribution in [3.05, 3.63) is 56.7 Å². The maximum Gasteiger partial charge on any atom is 0.0701 e. The van der Waals surface area contributed by atoms with Gasteiger partial charge in [-0.05, 0) is 65.9 Å². The third-order valence-electron chi connectivity index (χ3n) is 4.48. The van der Waals surface area contributed by atoms with E-state index in [4.69, 9.17) is 0 Å². The summed E-state index contributed by atoms with van der Waals surface area (Å²) < 4.78 is 1.23. The van der Waals surface area contributed by atoms with Gasteiger partial charge in [-0.1, -0.05) is 37.3 Å². The van der Waals surface area contributed by atoms with E-state index in [1.165, 1.54) is 33.5 Å². The Balaban J connectivity index is 1.82. The molecular formula is C18H22BrNS. The molecule has 0 amide bonds. The second-order valence-corrected chi connectivity index (χ2v) is 8.49. The van der Waals surface area contributed by atoms with Crippen molar-refractivity contribution < 1.29 is 0 Å². The normalized spacial score (nSPS) is 17.6. The van der Waals surface area contributed by atoms with E-state index in [-0.39, 0.29) is 0 Å². The summed E-state index contributed by atoms with van der Waals surface area (Å²) in [4.78, 5) is 1.47. The van der Waals surface area contributed by atoms with Crippen LogP contribution >= 0.6 is 27.3 Å². The van der Waals surface area contributed by atoms with Gasteiger partial charge in [0.25, 0.3) is 0 Å². The standard InChI is InChI=1S/C18H22BrNS/c1-2-12-20-16(13-15-8-9-17(19)21-15)18(10-11-18)14-6-4-3-5-7-14/h3-9,16,20H,2,10-13H2,1H3. The number of hydrogen-bond acceptors (Lipinski definition) is 2. The Morgan fingerprint density at radius 1 is 1.19 bits per heavy atom. The Labute approximate surface area is 139 Å². The van der Waals surface area contributed by atoms with Crippen LogP contribution in [0.1, 0.15) is 36.6 Å². The summed E-state index contributed by atoms with van der Waals surface area (Å²) >= 11 is 5.45. The first kappa shape index (κ1) is 15.3. The van der Waals surface area contributed by atoms with E-state index in [1.807, 2.05) is 11.3 Å². The largest absolute Gasteiger partial charge is 0.313 e. The lowest BCUT2D eigenvalue weighted by Gasteiger charge is -2.28. The SMILES string of the molecule is CCCNC(Cc1ccc(Br)s1)C1(c2ccccc2)CC1. The van der Waals surface area contributed by atoms with Gasteiger partial charge < -0.3 is 5.32 Å². The predicted octanol–water partition coefficient (Wildman–Crippen LogP) is 5.15. The van der Waals surface area contributed by atoms with Crippen molar-refractivity contribution in [3.8, 4) is 0 Å². The molecule has 0 spiro atoms. The van der Waals surface area contributed by atoms with Crippen LogP contribution in [-0.4, -0.2) is 12.6 Å². The summed E-state index contributed by atoms with van der Waals surface area (Å²) in [5.41, 5.74) is 1.86. The number of benzene rings is 1. The van der Waals surface area contributed by atoms with Crippen molar-refractivity contribution in [3.63, 3.8) is 0 Å². The van der Waals surface area contributed by atoms with Gasteiger partial charge in [-0.15, -0.1) is 11.3 Å². The highest BCUT2D eigenvalue weighted by Gasteiger charge is 2.50. The number of thiophene rings is 1. The third-order valence-corrected chi connectivity index (χ3v) is 6.13. The van der Waals surface area contributed by atoms with Crippen LogP contribution in [-0.2, 0) is 11.8 Å². The molecule has 1 atom stereocenters. The highest BCUT2D eigenvalue weighted by atomic mass is 79.9. The van der Waals surface area contributed by atoms with Gasteiger partial charge in [0.15, 0.2) is 0 Å². The molecule has 3 rings (SSSR count). The first-order valence-electron chi connectivity index (χ1n) is 7.78. The summed E-state index contributed by atoms with van der Waals surface area (Å²) in [7, 11) is 0. The van der Waals surface area contributed by atoms with E-state index in [0.717, 1.165) is 13.0 Å². The first-order valence-corrected chi connectivity index (χ1v) is 9.39. The minimum absolute atomic E-state index is 0.354. The summed E-state index contributed by atoms with van der Waals surface area (Å²) in [6.45, 7) is 3.35. The Kier molecular flexibility index (Phi) is 4.82. The van der Waals surface area contributed by atoms with E-state index in [2.05, 4.69) is 70.6 Å². The van der Waals surface area contributed by atoms with Crippen LogP contribution < -0.4 is 5.32 Å². The molecule has 1 heterocycles. The fourth-order valence-electron chi connectivity index (χ4n) is 3.19. The molecular weight excluding hydrogens is 342 g/mol. The Morgan fingerprint density at radius 3 is 2.52 bits per heavy atom. The topological polar surface area (TPSA) is 12.0 Å². The van der Waals surface area contributed by atoms with Gasteiger partial charge in [-0.3, -0.25) is 0 Å². The van der Waals surface area contributed by atoms with E-state index >= 15 is 0 Å². The molecule has 1 aromatic carbocycles. The zero-order chi connectivity index (χ0) is 14.7. The lowest BCUT2D eigenvalue weighted by Crippen LogP contribution is -2.42. The van der Waals surface area contributed by atoms with Gasteiger partial charge in [0.2, 0.25) is 0 Å². The van der Waals surface area contributed by atoms with Gasteiger partial charge in [-0.25, -0.2) is 0 Å². The van der Waals surface area contributed by atoms with Crippen LogP contribution in [0, 0.1) is 0 Å². The minimum atomic E-state index is 0.354. The molecule has 1 aliphatic rings. The highest BCUT2D eigenvalue weighted by Crippen LogP contribution is 2.52. The molecule has 0 saturated heterocycles. The van der Waals surface area contributed by atoms with Crippen LogP contribution in [0.4, 0.5) is 0 Å². The van der Waals surface area contributed by atoms with E-state index in [9.17, 15) is 0 Å². The van der Waals surface area contributed by atoms with E-state index in [1.54, 1.807) is 0 Å². The predicted molar refractivity (Wildman–Crippen MR) is 95.2 cm³/mol. The monoisotopic (exact) mass is 363 g/mol. The van der Waals surface area contributed by atoms with Gasteiger partial charge in [-0.2, -0.15) is 0 Å². The molecule has 1 saturated carbocycles. The first-order chi connectivity index (χ1) is 10.2. The number of rotatable bonds is 7. The zero-order valence-electron chi connectivity index (χ0n) is 12.4. The minimum Gasteiger partial charge on any atom is -0.313 e. The molecule has 0 bridgehead atoms. The molecule has 2 aromatic rings. The number of nitrogens with one attached hydrogen (secondary N) is 1.